The van der Waals surface area contributed by atoms with Crippen LogP contribution in [0.15, 0.2) is 35.0 Å². The average molecular weight is 254 g/mol. The summed E-state index contributed by atoms with van der Waals surface area (Å²) < 4.78 is 1.95. The van der Waals surface area contributed by atoms with Crippen LogP contribution < -0.4 is 5.73 Å². The lowest BCUT2D eigenvalue weighted by Gasteiger charge is -2.06. The molecule has 0 unspecified atom stereocenters. The number of nitrogens with zero attached hydrogens (tertiary/aromatic N) is 3. The Morgan fingerprint density at radius 3 is 2.68 bits per heavy atom. The van der Waals surface area contributed by atoms with Gasteiger partial charge in [-0.2, -0.15) is 0 Å². The molecule has 5 heteroatoms. The van der Waals surface area contributed by atoms with Crippen molar-refractivity contribution in [2.75, 3.05) is 0 Å². The van der Waals surface area contributed by atoms with Gasteiger partial charge in [0.2, 0.25) is 0 Å². The second-order valence-electron chi connectivity index (χ2n) is 5.24. The standard InChI is InChI=1S/C14H14N4O/c1-18-9-5-3-2-4-8(9)16-13(18)10-11(19)14(6-7-14)17-12(10)15/h2-5,19H,6-7H2,1H3,(H2,15,17). The molecular weight excluding hydrogens is 240 g/mol. The number of benzene rings is 1. The van der Waals surface area contributed by atoms with Crippen LogP contribution in [0.25, 0.3) is 16.6 Å². The first-order valence-corrected chi connectivity index (χ1v) is 6.34. The number of aliphatic hydroxyl groups is 1. The average Bonchev–Trinajstić information content (AvgIpc) is 3.05. The van der Waals surface area contributed by atoms with Crippen LogP contribution in [-0.2, 0) is 7.05 Å². The molecule has 1 aromatic heterocycles. The molecule has 19 heavy (non-hydrogen) atoms. The fourth-order valence-corrected chi connectivity index (χ4v) is 2.75. The lowest BCUT2D eigenvalue weighted by atomic mass is 10.1. The van der Waals surface area contributed by atoms with Crippen molar-refractivity contribution in [2.24, 2.45) is 17.8 Å². The van der Waals surface area contributed by atoms with Gasteiger partial charge >= 0.3 is 0 Å². The normalized spacial score (nSPS) is 20.4. The minimum absolute atomic E-state index is 0.281. The summed E-state index contributed by atoms with van der Waals surface area (Å²) in [5, 5.41) is 10.4. The first-order chi connectivity index (χ1) is 9.12. The fraction of sp³-hybridized carbons (Fsp3) is 0.286. The van der Waals surface area contributed by atoms with Crippen molar-refractivity contribution >= 4 is 22.4 Å². The van der Waals surface area contributed by atoms with Crippen molar-refractivity contribution in [3.63, 3.8) is 0 Å². The number of rotatable bonds is 1. The van der Waals surface area contributed by atoms with E-state index in [2.05, 4.69) is 9.98 Å². The molecule has 0 saturated heterocycles. The van der Waals surface area contributed by atoms with Crippen LogP contribution in [-0.4, -0.2) is 26.0 Å². The van der Waals surface area contributed by atoms with Crippen molar-refractivity contribution in [3.05, 3.63) is 35.8 Å². The molecule has 0 amide bonds. The van der Waals surface area contributed by atoms with Crippen molar-refractivity contribution in [2.45, 2.75) is 18.4 Å². The van der Waals surface area contributed by atoms with Gasteiger partial charge in [0.25, 0.3) is 0 Å². The largest absolute Gasteiger partial charge is 0.509 e. The Bertz CT molecular complexity index is 765. The summed E-state index contributed by atoms with van der Waals surface area (Å²) in [5.41, 5.74) is 8.06. The van der Waals surface area contributed by atoms with E-state index in [1.54, 1.807) is 0 Å². The molecule has 1 aliphatic heterocycles. The van der Waals surface area contributed by atoms with E-state index >= 15 is 0 Å². The van der Waals surface area contributed by atoms with Gasteiger partial charge in [0, 0.05) is 7.05 Å². The first kappa shape index (κ1) is 10.6. The van der Waals surface area contributed by atoms with Gasteiger partial charge in [-0.15, -0.1) is 0 Å². The molecular formula is C14H14N4O. The first-order valence-electron chi connectivity index (χ1n) is 6.34. The van der Waals surface area contributed by atoms with Crippen LogP contribution in [0.5, 0.6) is 0 Å². The number of hydrogen-bond acceptors (Lipinski definition) is 4. The van der Waals surface area contributed by atoms with E-state index in [0.29, 0.717) is 17.2 Å². The third-order valence-electron chi connectivity index (χ3n) is 4.00. The quantitative estimate of drug-likeness (QED) is 0.814. The van der Waals surface area contributed by atoms with E-state index in [0.717, 1.165) is 23.9 Å². The predicted molar refractivity (Wildman–Crippen MR) is 73.9 cm³/mol. The minimum atomic E-state index is -0.433. The summed E-state index contributed by atoms with van der Waals surface area (Å²) in [7, 11) is 1.93. The third-order valence-corrected chi connectivity index (χ3v) is 4.00. The summed E-state index contributed by atoms with van der Waals surface area (Å²) in [6.07, 6.45) is 1.74. The van der Waals surface area contributed by atoms with Gasteiger partial charge in [-0.1, -0.05) is 12.1 Å². The highest BCUT2D eigenvalue weighted by Crippen LogP contribution is 2.51. The number of aliphatic hydroxyl groups excluding tert-OH is 1. The molecule has 2 aliphatic rings. The zero-order valence-electron chi connectivity index (χ0n) is 10.6. The molecule has 1 aliphatic carbocycles. The van der Waals surface area contributed by atoms with Gasteiger partial charge in [-0.3, -0.25) is 4.99 Å². The van der Waals surface area contributed by atoms with E-state index in [1.165, 1.54) is 0 Å². The summed E-state index contributed by atoms with van der Waals surface area (Å²) >= 11 is 0. The monoisotopic (exact) mass is 254 g/mol. The SMILES string of the molecule is Cn1c(C2=C(O)C3(CC3)N=C2N)nc2ccccc21. The Labute approximate surface area is 110 Å². The molecule has 0 atom stereocenters. The van der Waals surface area contributed by atoms with Crippen molar-refractivity contribution in [3.8, 4) is 0 Å². The zero-order chi connectivity index (χ0) is 13.2. The topological polar surface area (TPSA) is 76.4 Å². The smallest absolute Gasteiger partial charge is 0.148 e. The molecule has 4 rings (SSSR count). The summed E-state index contributed by atoms with van der Waals surface area (Å²) in [4.78, 5) is 8.97. The molecule has 2 heterocycles. The van der Waals surface area contributed by atoms with E-state index in [9.17, 15) is 5.11 Å². The van der Waals surface area contributed by atoms with Crippen molar-refractivity contribution < 1.29 is 5.11 Å². The fourth-order valence-electron chi connectivity index (χ4n) is 2.75. The Kier molecular flexibility index (Phi) is 1.77. The number of aliphatic imine (C=N–C) groups is 1. The van der Waals surface area contributed by atoms with E-state index in [-0.39, 0.29) is 5.76 Å². The van der Waals surface area contributed by atoms with Gasteiger partial charge in [-0.05, 0) is 25.0 Å². The van der Waals surface area contributed by atoms with Crippen LogP contribution in [0.4, 0.5) is 0 Å². The van der Waals surface area contributed by atoms with Gasteiger partial charge in [-0.25, -0.2) is 4.98 Å². The molecule has 2 aromatic rings. The lowest BCUT2D eigenvalue weighted by molar-refractivity contribution is 0.368. The van der Waals surface area contributed by atoms with Gasteiger partial charge in [0.1, 0.15) is 23.0 Å². The number of fused-ring (bicyclic) bond motifs is 1. The van der Waals surface area contributed by atoms with Gasteiger partial charge in [0.15, 0.2) is 0 Å². The van der Waals surface area contributed by atoms with Crippen molar-refractivity contribution in [1.82, 2.24) is 9.55 Å². The number of amidine groups is 1. The van der Waals surface area contributed by atoms with Crippen LogP contribution in [0.1, 0.15) is 18.7 Å². The van der Waals surface area contributed by atoms with Gasteiger partial charge < -0.3 is 15.4 Å². The Morgan fingerprint density at radius 2 is 2.05 bits per heavy atom. The molecule has 96 valence electrons. The number of nitrogens with two attached hydrogens (primary N) is 1. The number of para-hydroxylation sites is 2. The Morgan fingerprint density at radius 1 is 1.32 bits per heavy atom. The van der Waals surface area contributed by atoms with E-state index in [1.807, 2.05) is 35.9 Å². The Balaban J connectivity index is 1.99. The maximum atomic E-state index is 10.4. The number of aryl methyl sites for hydroxylation is 1. The minimum Gasteiger partial charge on any atom is -0.509 e. The van der Waals surface area contributed by atoms with Crippen LogP contribution in [0.2, 0.25) is 0 Å². The zero-order valence-corrected chi connectivity index (χ0v) is 10.6. The molecule has 5 nitrogen and oxygen atoms in total. The molecule has 3 N–H and O–H groups in total. The highest BCUT2D eigenvalue weighted by Gasteiger charge is 2.53. The molecule has 1 spiro atoms. The van der Waals surface area contributed by atoms with E-state index in [4.69, 9.17) is 5.73 Å². The van der Waals surface area contributed by atoms with Crippen molar-refractivity contribution in [1.29, 1.82) is 0 Å². The maximum absolute atomic E-state index is 10.4. The second-order valence-corrected chi connectivity index (χ2v) is 5.24. The highest BCUT2D eigenvalue weighted by molar-refractivity contribution is 6.24. The van der Waals surface area contributed by atoms with E-state index < -0.39 is 5.54 Å². The lowest BCUT2D eigenvalue weighted by Crippen LogP contribution is -2.14. The molecule has 1 fully saturated rings. The molecule has 1 aromatic carbocycles. The van der Waals surface area contributed by atoms with Gasteiger partial charge in [0.05, 0.1) is 16.6 Å². The Hall–Kier alpha value is -2.30. The summed E-state index contributed by atoms with van der Waals surface area (Å²) in [6, 6.07) is 7.86. The molecule has 1 saturated carbocycles. The highest BCUT2D eigenvalue weighted by atomic mass is 16.3. The number of hydrogen-bond donors (Lipinski definition) is 2. The predicted octanol–water partition coefficient (Wildman–Crippen LogP) is 1.75. The third kappa shape index (κ3) is 1.24. The van der Waals surface area contributed by atoms with Crippen LogP contribution in [0, 0.1) is 0 Å². The van der Waals surface area contributed by atoms with Crippen LogP contribution in [0.3, 0.4) is 0 Å². The maximum Gasteiger partial charge on any atom is 0.148 e. The molecule has 0 radical (unpaired) electrons. The number of aromatic nitrogens is 2. The number of imidazole rings is 1. The molecule has 0 bridgehead atoms. The van der Waals surface area contributed by atoms with Crippen LogP contribution >= 0.6 is 0 Å². The summed E-state index contributed by atoms with van der Waals surface area (Å²) in [6.45, 7) is 0. The second kappa shape index (κ2) is 3.17. The summed E-state index contributed by atoms with van der Waals surface area (Å²) in [5.74, 6) is 1.36.